The van der Waals surface area contributed by atoms with Crippen LogP contribution in [0.25, 0.3) is 10.2 Å². The van der Waals surface area contributed by atoms with E-state index in [4.69, 9.17) is 12.2 Å². The summed E-state index contributed by atoms with van der Waals surface area (Å²) in [6.45, 7) is 2.90. The van der Waals surface area contributed by atoms with Crippen LogP contribution in [0.5, 0.6) is 0 Å². The Morgan fingerprint density at radius 1 is 1.41 bits per heavy atom. The normalized spacial score (nSPS) is 11.1. The van der Waals surface area contributed by atoms with E-state index in [0.29, 0.717) is 4.77 Å². The lowest BCUT2D eigenvalue weighted by Gasteiger charge is -2.05. The van der Waals surface area contributed by atoms with Crippen LogP contribution >= 0.6 is 23.6 Å². The molecule has 0 aliphatic rings. The largest absolute Gasteiger partial charge is 0.331 e. The molecule has 1 N–H and O–H groups in total. The molecular formula is C12H16N2OS2. The highest BCUT2D eigenvalue weighted by Gasteiger charge is 2.05. The maximum Gasteiger partial charge on any atom is 0.272 e. The molecule has 0 aliphatic heterocycles. The van der Waals surface area contributed by atoms with Crippen molar-refractivity contribution in [2.75, 3.05) is 0 Å². The third-order valence-corrected chi connectivity index (χ3v) is 4.05. The quantitative estimate of drug-likeness (QED) is 0.663. The average Bonchev–Trinajstić information content (AvgIpc) is 2.76. The van der Waals surface area contributed by atoms with E-state index in [-0.39, 0.29) is 5.56 Å². The van der Waals surface area contributed by atoms with E-state index in [9.17, 15) is 4.79 Å². The molecule has 0 unspecified atom stereocenters. The molecular weight excluding hydrogens is 252 g/mol. The van der Waals surface area contributed by atoms with Crippen LogP contribution < -0.4 is 5.56 Å². The Morgan fingerprint density at radius 3 is 3.00 bits per heavy atom. The summed E-state index contributed by atoms with van der Waals surface area (Å²) in [5.74, 6) is 0. The number of H-pyrrole nitrogens is 1. The maximum atomic E-state index is 12.2. The van der Waals surface area contributed by atoms with Gasteiger partial charge in [0.05, 0.1) is 5.52 Å². The van der Waals surface area contributed by atoms with Gasteiger partial charge in [0, 0.05) is 6.54 Å². The summed E-state index contributed by atoms with van der Waals surface area (Å²) in [6, 6.07) is 1.90. The van der Waals surface area contributed by atoms with Crippen LogP contribution in [-0.2, 0) is 6.54 Å². The summed E-state index contributed by atoms with van der Waals surface area (Å²) in [7, 11) is 0. The molecule has 0 aromatic carbocycles. The zero-order valence-corrected chi connectivity index (χ0v) is 11.5. The van der Waals surface area contributed by atoms with Gasteiger partial charge in [-0.3, -0.25) is 9.36 Å². The van der Waals surface area contributed by atoms with Crippen molar-refractivity contribution < 1.29 is 0 Å². The van der Waals surface area contributed by atoms with Gasteiger partial charge in [0.25, 0.3) is 5.56 Å². The van der Waals surface area contributed by atoms with Gasteiger partial charge in [-0.25, -0.2) is 0 Å². The molecule has 0 atom stereocenters. The smallest absolute Gasteiger partial charge is 0.272 e. The maximum absolute atomic E-state index is 12.2. The van der Waals surface area contributed by atoms with Crippen LogP contribution in [0.4, 0.5) is 0 Å². The second kappa shape index (κ2) is 5.60. The Kier molecular flexibility index (Phi) is 4.12. The number of nitrogens with zero attached hydrogens (tertiary/aromatic N) is 1. The standard InChI is InChI=1S/C12H16N2OS2/c1-2-3-4-5-7-14-11(15)10-9(6-8-17-10)13-12(14)16/h6,8H,2-5,7H2,1H3,(H,13,16). The average molecular weight is 268 g/mol. The summed E-state index contributed by atoms with van der Waals surface area (Å²) in [6.07, 6.45) is 4.58. The van der Waals surface area contributed by atoms with Crippen LogP contribution in [0.15, 0.2) is 16.2 Å². The van der Waals surface area contributed by atoms with Gasteiger partial charge in [-0.05, 0) is 30.1 Å². The zero-order valence-electron chi connectivity index (χ0n) is 9.86. The molecule has 2 aromatic rings. The van der Waals surface area contributed by atoms with Crippen molar-refractivity contribution in [1.29, 1.82) is 0 Å². The molecule has 2 rings (SSSR count). The summed E-state index contributed by atoms with van der Waals surface area (Å²) < 4.78 is 3.00. The van der Waals surface area contributed by atoms with Crippen LogP contribution in [0, 0.1) is 4.77 Å². The van der Waals surface area contributed by atoms with Gasteiger partial charge in [0.1, 0.15) is 4.70 Å². The van der Waals surface area contributed by atoms with Crippen LogP contribution in [0.1, 0.15) is 32.6 Å². The third-order valence-electron chi connectivity index (χ3n) is 2.83. The number of rotatable bonds is 5. The van der Waals surface area contributed by atoms with Crippen molar-refractivity contribution in [2.45, 2.75) is 39.2 Å². The van der Waals surface area contributed by atoms with E-state index >= 15 is 0 Å². The molecule has 0 aliphatic carbocycles. The van der Waals surface area contributed by atoms with E-state index in [1.807, 2.05) is 11.4 Å². The summed E-state index contributed by atoms with van der Waals surface area (Å²) in [4.78, 5) is 15.3. The Hall–Kier alpha value is -0.940. The first-order valence-electron chi connectivity index (χ1n) is 5.94. The summed E-state index contributed by atoms with van der Waals surface area (Å²) in [5.41, 5.74) is 0.907. The fraction of sp³-hybridized carbons (Fsp3) is 0.500. The molecule has 0 fully saturated rings. The highest BCUT2D eigenvalue weighted by molar-refractivity contribution is 7.71. The van der Waals surface area contributed by atoms with E-state index in [2.05, 4.69) is 11.9 Å². The van der Waals surface area contributed by atoms with Crippen molar-refractivity contribution in [3.05, 3.63) is 26.6 Å². The number of thiophene rings is 1. The number of hydrogen-bond acceptors (Lipinski definition) is 3. The second-order valence-electron chi connectivity index (χ2n) is 4.11. The Bertz CT molecular complexity index is 609. The molecule has 2 aromatic heterocycles. The molecule has 17 heavy (non-hydrogen) atoms. The molecule has 3 nitrogen and oxygen atoms in total. The van der Waals surface area contributed by atoms with Crippen LogP contribution in [0.3, 0.4) is 0 Å². The summed E-state index contributed by atoms with van der Waals surface area (Å²) in [5, 5.41) is 1.92. The van der Waals surface area contributed by atoms with Gasteiger partial charge >= 0.3 is 0 Å². The van der Waals surface area contributed by atoms with Crippen molar-refractivity contribution in [2.24, 2.45) is 0 Å². The topological polar surface area (TPSA) is 37.8 Å². The number of aromatic nitrogens is 2. The molecule has 0 radical (unpaired) electrons. The Labute approximate surface area is 109 Å². The van der Waals surface area contributed by atoms with Gasteiger partial charge in [-0.2, -0.15) is 0 Å². The van der Waals surface area contributed by atoms with Crippen molar-refractivity contribution in [1.82, 2.24) is 9.55 Å². The first-order chi connectivity index (χ1) is 8.24. The predicted molar refractivity (Wildman–Crippen MR) is 75.4 cm³/mol. The van der Waals surface area contributed by atoms with Gasteiger partial charge in [0.15, 0.2) is 4.77 Å². The van der Waals surface area contributed by atoms with Crippen molar-refractivity contribution in [3.63, 3.8) is 0 Å². The van der Waals surface area contributed by atoms with E-state index < -0.39 is 0 Å². The number of nitrogens with one attached hydrogen (secondary N) is 1. The van der Waals surface area contributed by atoms with E-state index in [1.165, 1.54) is 24.2 Å². The lowest BCUT2D eigenvalue weighted by molar-refractivity contribution is 0.563. The van der Waals surface area contributed by atoms with Gasteiger partial charge < -0.3 is 4.98 Å². The van der Waals surface area contributed by atoms with E-state index in [0.717, 1.165) is 29.6 Å². The minimum atomic E-state index is 0.0512. The molecule has 2 heterocycles. The molecule has 0 spiro atoms. The minimum Gasteiger partial charge on any atom is -0.331 e. The number of unbranched alkanes of at least 4 members (excludes halogenated alkanes) is 3. The lowest BCUT2D eigenvalue weighted by atomic mass is 10.2. The lowest BCUT2D eigenvalue weighted by Crippen LogP contribution is -2.21. The highest BCUT2D eigenvalue weighted by atomic mass is 32.1. The highest BCUT2D eigenvalue weighted by Crippen LogP contribution is 2.14. The monoisotopic (exact) mass is 268 g/mol. The second-order valence-corrected chi connectivity index (χ2v) is 5.41. The molecule has 0 saturated carbocycles. The molecule has 0 bridgehead atoms. The molecule has 92 valence electrons. The minimum absolute atomic E-state index is 0.0512. The number of aromatic amines is 1. The molecule has 0 saturated heterocycles. The fourth-order valence-electron chi connectivity index (χ4n) is 1.87. The first kappa shape index (κ1) is 12.5. The van der Waals surface area contributed by atoms with Gasteiger partial charge in [-0.1, -0.05) is 26.2 Å². The number of fused-ring (bicyclic) bond motifs is 1. The van der Waals surface area contributed by atoms with Gasteiger partial charge in [-0.15, -0.1) is 11.3 Å². The first-order valence-corrected chi connectivity index (χ1v) is 7.23. The van der Waals surface area contributed by atoms with Crippen molar-refractivity contribution in [3.8, 4) is 0 Å². The third kappa shape index (κ3) is 2.66. The summed E-state index contributed by atoms with van der Waals surface area (Å²) >= 11 is 6.69. The number of hydrogen-bond donors (Lipinski definition) is 1. The van der Waals surface area contributed by atoms with Gasteiger partial charge in [0.2, 0.25) is 0 Å². The van der Waals surface area contributed by atoms with Crippen LogP contribution in [-0.4, -0.2) is 9.55 Å². The van der Waals surface area contributed by atoms with Crippen molar-refractivity contribution >= 4 is 33.8 Å². The Balaban J connectivity index is 2.27. The molecule has 0 amide bonds. The fourth-order valence-corrected chi connectivity index (χ4v) is 2.95. The SMILES string of the molecule is CCCCCCn1c(=S)[nH]c2ccsc2c1=O. The Morgan fingerprint density at radius 2 is 2.24 bits per heavy atom. The van der Waals surface area contributed by atoms with E-state index in [1.54, 1.807) is 4.57 Å². The zero-order chi connectivity index (χ0) is 12.3. The predicted octanol–water partition coefficient (Wildman–Crippen LogP) is 3.70. The van der Waals surface area contributed by atoms with Crippen LogP contribution in [0.2, 0.25) is 0 Å². The molecule has 5 heteroatoms.